The van der Waals surface area contributed by atoms with Gasteiger partial charge in [0.25, 0.3) is 5.91 Å². The normalized spacial score (nSPS) is 16.1. The van der Waals surface area contributed by atoms with Crippen LogP contribution in [-0.2, 0) is 0 Å². The fourth-order valence-corrected chi connectivity index (χ4v) is 2.60. The van der Waals surface area contributed by atoms with Crippen LogP contribution in [0.2, 0.25) is 0 Å². The molecule has 0 spiro atoms. The van der Waals surface area contributed by atoms with Crippen molar-refractivity contribution in [1.29, 1.82) is 0 Å². The molecule has 0 aliphatic carbocycles. The van der Waals surface area contributed by atoms with E-state index in [2.05, 4.69) is 15.9 Å². The van der Waals surface area contributed by atoms with Crippen molar-refractivity contribution in [2.75, 3.05) is 13.1 Å². The monoisotopic (exact) mass is 299 g/mol. The van der Waals surface area contributed by atoms with Gasteiger partial charge in [-0.2, -0.15) is 0 Å². The van der Waals surface area contributed by atoms with Crippen LogP contribution in [-0.4, -0.2) is 23.9 Å². The van der Waals surface area contributed by atoms with Gasteiger partial charge in [0.15, 0.2) is 0 Å². The van der Waals surface area contributed by atoms with E-state index in [9.17, 15) is 9.18 Å². The minimum atomic E-state index is -0.446. The predicted molar refractivity (Wildman–Crippen MR) is 68.6 cm³/mol. The SMILES string of the molecule is Cc1ccc(F)c(C(=O)N2CCCCC2)c1Br. The van der Waals surface area contributed by atoms with E-state index in [1.165, 1.54) is 6.07 Å². The molecule has 0 bridgehead atoms. The lowest BCUT2D eigenvalue weighted by molar-refractivity contribution is 0.0718. The van der Waals surface area contributed by atoms with E-state index in [1.54, 1.807) is 11.0 Å². The van der Waals surface area contributed by atoms with E-state index in [-0.39, 0.29) is 11.5 Å². The summed E-state index contributed by atoms with van der Waals surface area (Å²) >= 11 is 3.31. The van der Waals surface area contributed by atoms with Crippen LogP contribution >= 0.6 is 15.9 Å². The van der Waals surface area contributed by atoms with Gasteiger partial charge < -0.3 is 4.90 Å². The lowest BCUT2D eigenvalue weighted by atomic mass is 10.1. The first-order chi connectivity index (χ1) is 8.11. The van der Waals surface area contributed by atoms with Crippen LogP contribution in [0.25, 0.3) is 0 Å². The first-order valence-electron chi connectivity index (χ1n) is 5.85. The highest BCUT2D eigenvalue weighted by atomic mass is 79.9. The number of halogens is 2. The Bertz CT molecular complexity index is 441. The molecular weight excluding hydrogens is 285 g/mol. The highest BCUT2D eigenvalue weighted by Crippen LogP contribution is 2.26. The van der Waals surface area contributed by atoms with Gasteiger partial charge in [-0.15, -0.1) is 0 Å². The third-order valence-corrected chi connectivity index (χ3v) is 4.16. The van der Waals surface area contributed by atoms with Gasteiger partial charge in [0.2, 0.25) is 0 Å². The third-order valence-electron chi connectivity index (χ3n) is 3.14. The van der Waals surface area contributed by atoms with Crippen LogP contribution in [0, 0.1) is 12.7 Å². The third kappa shape index (κ3) is 2.51. The van der Waals surface area contributed by atoms with E-state index in [4.69, 9.17) is 0 Å². The highest BCUT2D eigenvalue weighted by Gasteiger charge is 2.23. The molecule has 0 saturated carbocycles. The fourth-order valence-electron chi connectivity index (χ4n) is 2.11. The first-order valence-corrected chi connectivity index (χ1v) is 6.64. The molecule has 0 aromatic heterocycles. The minimum absolute atomic E-state index is 0.173. The summed E-state index contributed by atoms with van der Waals surface area (Å²) in [5, 5.41) is 0. The Labute approximate surface area is 109 Å². The summed E-state index contributed by atoms with van der Waals surface area (Å²) < 4.78 is 14.3. The van der Waals surface area contributed by atoms with Crippen molar-refractivity contribution in [3.05, 3.63) is 33.5 Å². The van der Waals surface area contributed by atoms with E-state index < -0.39 is 5.82 Å². The molecule has 1 amide bonds. The van der Waals surface area contributed by atoms with Gasteiger partial charge in [-0.1, -0.05) is 6.07 Å². The van der Waals surface area contributed by atoms with Crippen LogP contribution in [0.1, 0.15) is 35.2 Å². The van der Waals surface area contributed by atoms with Crippen molar-refractivity contribution in [3.63, 3.8) is 0 Å². The van der Waals surface area contributed by atoms with Crippen molar-refractivity contribution >= 4 is 21.8 Å². The smallest absolute Gasteiger partial charge is 0.257 e. The molecule has 1 fully saturated rings. The van der Waals surface area contributed by atoms with Crippen LogP contribution in [0.3, 0.4) is 0 Å². The number of carbonyl (C=O) groups is 1. The van der Waals surface area contributed by atoms with E-state index >= 15 is 0 Å². The molecule has 1 aromatic rings. The maximum atomic E-state index is 13.8. The topological polar surface area (TPSA) is 20.3 Å². The number of hydrogen-bond acceptors (Lipinski definition) is 1. The molecule has 1 aromatic carbocycles. The number of hydrogen-bond donors (Lipinski definition) is 0. The number of carbonyl (C=O) groups excluding carboxylic acids is 1. The Kier molecular flexibility index (Phi) is 3.82. The van der Waals surface area contributed by atoms with Crippen molar-refractivity contribution in [1.82, 2.24) is 4.90 Å². The van der Waals surface area contributed by atoms with Gasteiger partial charge in [0.05, 0.1) is 5.56 Å². The average Bonchev–Trinajstić information content (AvgIpc) is 2.35. The molecule has 4 heteroatoms. The second-order valence-electron chi connectivity index (χ2n) is 4.41. The van der Waals surface area contributed by atoms with Gasteiger partial charge in [-0.25, -0.2) is 4.39 Å². The van der Waals surface area contributed by atoms with Gasteiger partial charge in [-0.3, -0.25) is 4.79 Å². The Morgan fingerprint density at radius 2 is 1.94 bits per heavy atom. The van der Waals surface area contributed by atoms with E-state index in [1.807, 2.05) is 6.92 Å². The highest BCUT2D eigenvalue weighted by molar-refractivity contribution is 9.10. The zero-order valence-electron chi connectivity index (χ0n) is 9.80. The number of aryl methyl sites for hydroxylation is 1. The van der Waals surface area contributed by atoms with Crippen LogP contribution in [0.4, 0.5) is 4.39 Å². The number of piperidine rings is 1. The number of nitrogens with zero attached hydrogens (tertiary/aromatic N) is 1. The molecule has 92 valence electrons. The Balaban J connectivity index is 2.32. The van der Waals surface area contributed by atoms with Crippen molar-refractivity contribution in [2.24, 2.45) is 0 Å². The molecule has 1 heterocycles. The molecule has 2 nitrogen and oxygen atoms in total. The number of amides is 1. The average molecular weight is 300 g/mol. The van der Waals surface area contributed by atoms with Crippen molar-refractivity contribution in [2.45, 2.75) is 26.2 Å². The zero-order valence-corrected chi connectivity index (χ0v) is 11.4. The maximum Gasteiger partial charge on any atom is 0.257 e. The van der Waals surface area contributed by atoms with E-state index in [0.717, 1.165) is 37.9 Å². The predicted octanol–water partition coefficient (Wildman–Crippen LogP) is 3.52. The lowest BCUT2D eigenvalue weighted by Crippen LogP contribution is -2.36. The van der Waals surface area contributed by atoms with Crippen molar-refractivity contribution < 1.29 is 9.18 Å². The summed E-state index contributed by atoms with van der Waals surface area (Å²) in [5.74, 6) is -0.643. The Hall–Kier alpha value is -0.900. The number of rotatable bonds is 1. The Morgan fingerprint density at radius 1 is 1.29 bits per heavy atom. The second kappa shape index (κ2) is 5.17. The Morgan fingerprint density at radius 3 is 2.59 bits per heavy atom. The molecule has 0 N–H and O–H groups in total. The molecular formula is C13H15BrFNO. The molecule has 0 atom stereocenters. The molecule has 1 aliphatic rings. The molecule has 0 unspecified atom stereocenters. The van der Waals surface area contributed by atoms with E-state index in [0.29, 0.717) is 4.47 Å². The standard InChI is InChI=1S/C13H15BrFNO/c1-9-5-6-10(15)11(12(9)14)13(17)16-7-3-2-4-8-16/h5-6H,2-4,7-8H2,1H3. The lowest BCUT2D eigenvalue weighted by Gasteiger charge is -2.27. The molecule has 0 radical (unpaired) electrons. The fraction of sp³-hybridized carbons (Fsp3) is 0.462. The largest absolute Gasteiger partial charge is 0.339 e. The summed E-state index contributed by atoms with van der Waals surface area (Å²) in [7, 11) is 0. The first kappa shape index (κ1) is 12.6. The van der Waals surface area contributed by atoms with Gasteiger partial charge in [-0.05, 0) is 53.7 Å². The summed E-state index contributed by atoms with van der Waals surface area (Å²) in [6.07, 6.45) is 3.18. The van der Waals surface area contributed by atoms with Crippen LogP contribution < -0.4 is 0 Å². The van der Waals surface area contributed by atoms with Crippen molar-refractivity contribution in [3.8, 4) is 0 Å². The molecule has 1 aliphatic heterocycles. The van der Waals surface area contributed by atoms with Crippen LogP contribution in [0.15, 0.2) is 16.6 Å². The summed E-state index contributed by atoms with van der Waals surface area (Å²) in [5.41, 5.74) is 1.05. The molecule has 17 heavy (non-hydrogen) atoms. The van der Waals surface area contributed by atoms with Gasteiger partial charge in [0, 0.05) is 17.6 Å². The second-order valence-corrected chi connectivity index (χ2v) is 5.20. The quantitative estimate of drug-likeness (QED) is 0.777. The minimum Gasteiger partial charge on any atom is -0.339 e. The van der Waals surface area contributed by atoms with Gasteiger partial charge in [0.1, 0.15) is 5.82 Å². The molecule has 1 saturated heterocycles. The zero-order chi connectivity index (χ0) is 12.4. The number of benzene rings is 1. The van der Waals surface area contributed by atoms with Gasteiger partial charge >= 0.3 is 0 Å². The maximum absolute atomic E-state index is 13.8. The summed E-state index contributed by atoms with van der Waals surface area (Å²) in [6, 6.07) is 3.03. The summed E-state index contributed by atoms with van der Waals surface area (Å²) in [4.78, 5) is 14.0. The van der Waals surface area contributed by atoms with Crippen LogP contribution in [0.5, 0.6) is 0 Å². The molecule has 2 rings (SSSR count). The summed E-state index contributed by atoms with van der Waals surface area (Å²) in [6.45, 7) is 3.33. The number of likely N-dealkylation sites (tertiary alicyclic amines) is 1.